The predicted molar refractivity (Wildman–Crippen MR) is 89.1 cm³/mol. The number of hydrogen-bond acceptors (Lipinski definition) is 3. The molecule has 0 amide bonds. The maximum absolute atomic E-state index is 5.67. The van der Waals surface area contributed by atoms with Gasteiger partial charge in [-0.15, -0.1) is 0 Å². The van der Waals surface area contributed by atoms with E-state index in [9.17, 15) is 0 Å². The van der Waals surface area contributed by atoms with Gasteiger partial charge in [0.2, 0.25) is 0 Å². The van der Waals surface area contributed by atoms with Crippen LogP contribution in [-0.2, 0) is 0 Å². The molecule has 0 aliphatic heterocycles. The van der Waals surface area contributed by atoms with Crippen LogP contribution in [0.3, 0.4) is 0 Å². The van der Waals surface area contributed by atoms with Crippen LogP contribution in [0.1, 0.15) is 6.42 Å². The van der Waals surface area contributed by atoms with Crippen molar-refractivity contribution in [3.8, 4) is 11.5 Å². The highest BCUT2D eigenvalue weighted by Gasteiger charge is 1.98. The summed E-state index contributed by atoms with van der Waals surface area (Å²) in [6.45, 7) is 3.13. The average molecular weight is 350 g/mol. The van der Waals surface area contributed by atoms with Gasteiger partial charge in [0.25, 0.3) is 0 Å². The molecule has 0 heterocycles. The molecule has 1 N–H and O–H groups in total. The molecular weight excluding hydrogens is 330 g/mol. The molecule has 2 aromatic rings. The Balaban J connectivity index is 1.48. The standard InChI is InChI=1S/C17H20BrNO2/c18-16-9-4-5-10-17(16)21-14-12-19-11-6-13-20-15-7-2-1-3-8-15/h1-5,7-10,19H,6,11-14H2. The lowest BCUT2D eigenvalue weighted by Crippen LogP contribution is -2.23. The van der Waals surface area contributed by atoms with Crippen LogP contribution >= 0.6 is 15.9 Å². The molecule has 4 heteroatoms. The lowest BCUT2D eigenvalue weighted by atomic mass is 10.3. The van der Waals surface area contributed by atoms with Crippen LogP contribution in [0, 0.1) is 0 Å². The van der Waals surface area contributed by atoms with Gasteiger partial charge in [-0.05, 0) is 53.2 Å². The minimum absolute atomic E-state index is 0.655. The third-order valence-electron chi connectivity index (χ3n) is 2.88. The molecule has 0 atom stereocenters. The van der Waals surface area contributed by atoms with Crippen molar-refractivity contribution in [2.75, 3.05) is 26.3 Å². The molecule has 0 unspecified atom stereocenters. The van der Waals surface area contributed by atoms with Gasteiger partial charge in [-0.2, -0.15) is 0 Å². The summed E-state index contributed by atoms with van der Waals surface area (Å²) in [5.74, 6) is 1.81. The normalized spacial score (nSPS) is 10.3. The minimum Gasteiger partial charge on any atom is -0.494 e. The molecule has 0 aliphatic rings. The number of benzene rings is 2. The van der Waals surface area contributed by atoms with E-state index in [0.717, 1.165) is 42.1 Å². The van der Waals surface area contributed by atoms with Crippen molar-refractivity contribution >= 4 is 15.9 Å². The number of hydrogen-bond donors (Lipinski definition) is 1. The Labute approximate surface area is 134 Å². The molecule has 112 valence electrons. The van der Waals surface area contributed by atoms with Gasteiger partial charge in [0.15, 0.2) is 0 Å². The second-order valence-corrected chi connectivity index (χ2v) is 5.40. The van der Waals surface area contributed by atoms with E-state index in [1.54, 1.807) is 0 Å². The van der Waals surface area contributed by atoms with Gasteiger partial charge in [-0.25, -0.2) is 0 Å². The predicted octanol–water partition coefficient (Wildman–Crippen LogP) is 3.89. The molecule has 2 rings (SSSR count). The summed E-state index contributed by atoms with van der Waals surface area (Å²) < 4.78 is 12.3. The lowest BCUT2D eigenvalue weighted by Gasteiger charge is -2.09. The summed E-state index contributed by atoms with van der Waals surface area (Å²) in [6, 6.07) is 17.8. The largest absolute Gasteiger partial charge is 0.494 e. The third-order valence-corrected chi connectivity index (χ3v) is 3.54. The number of rotatable bonds is 9. The molecule has 0 radical (unpaired) electrons. The van der Waals surface area contributed by atoms with Crippen LogP contribution in [0.2, 0.25) is 0 Å². The fraction of sp³-hybridized carbons (Fsp3) is 0.294. The number of para-hydroxylation sites is 2. The van der Waals surface area contributed by atoms with Gasteiger partial charge >= 0.3 is 0 Å². The maximum atomic E-state index is 5.67. The topological polar surface area (TPSA) is 30.5 Å². The molecule has 0 aromatic heterocycles. The van der Waals surface area contributed by atoms with Crippen molar-refractivity contribution in [3.05, 3.63) is 59.1 Å². The summed E-state index contributed by atoms with van der Waals surface area (Å²) in [5, 5.41) is 3.34. The number of nitrogens with one attached hydrogen (secondary N) is 1. The van der Waals surface area contributed by atoms with E-state index < -0.39 is 0 Å². The van der Waals surface area contributed by atoms with E-state index in [4.69, 9.17) is 9.47 Å². The second-order valence-electron chi connectivity index (χ2n) is 4.54. The zero-order valence-corrected chi connectivity index (χ0v) is 13.5. The van der Waals surface area contributed by atoms with Crippen LogP contribution in [-0.4, -0.2) is 26.3 Å². The molecule has 0 saturated heterocycles. The highest BCUT2D eigenvalue weighted by atomic mass is 79.9. The number of halogens is 1. The Morgan fingerprint density at radius 2 is 1.57 bits per heavy atom. The fourth-order valence-electron chi connectivity index (χ4n) is 1.82. The van der Waals surface area contributed by atoms with Crippen LogP contribution in [0.5, 0.6) is 11.5 Å². The van der Waals surface area contributed by atoms with Crippen molar-refractivity contribution in [3.63, 3.8) is 0 Å². The van der Waals surface area contributed by atoms with Gasteiger partial charge in [0.1, 0.15) is 18.1 Å². The number of ether oxygens (including phenoxy) is 2. The third kappa shape index (κ3) is 6.19. The first-order valence-corrected chi connectivity index (χ1v) is 7.91. The van der Waals surface area contributed by atoms with Crippen LogP contribution in [0.15, 0.2) is 59.1 Å². The van der Waals surface area contributed by atoms with Crippen molar-refractivity contribution < 1.29 is 9.47 Å². The van der Waals surface area contributed by atoms with Crippen LogP contribution in [0.4, 0.5) is 0 Å². The average Bonchev–Trinajstić information content (AvgIpc) is 2.52. The quantitative estimate of drug-likeness (QED) is 0.696. The maximum Gasteiger partial charge on any atom is 0.133 e. The van der Waals surface area contributed by atoms with Gasteiger partial charge in [0.05, 0.1) is 11.1 Å². The Bertz CT molecular complexity index is 519. The summed E-state index contributed by atoms with van der Waals surface area (Å²) in [7, 11) is 0. The van der Waals surface area contributed by atoms with E-state index in [2.05, 4.69) is 21.2 Å². The minimum atomic E-state index is 0.655. The van der Waals surface area contributed by atoms with E-state index in [1.165, 1.54) is 0 Å². The Morgan fingerprint density at radius 1 is 0.810 bits per heavy atom. The molecule has 0 fully saturated rings. The molecule has 2 aromatic carbocycles. The van der Waals surface area contributed by atoms with Crippen molar-refractivity contribution in [2.45, 2.75) is 6.42 Å². The first-order valence-electron chi connectivity index (χ1n) is 7.12. The smallest absolute Gasteiger partial charge is 0.133 e. The molecule has 3 nitrogen and oxygen atoms in total. The lowest BCUT2D eigenvalue weighted by molar-refractivity contribution is 0.293. The molecule has 21 heavy (non-hydrogen) atoms. The summed E-state index contributed by atoms with van der Waals surface area (Å²) >= 11 is 3.46. The molecular formula is C17H20BrNO2. The zero-order valence-electron chi connectivity index (χ0n) is 11.9. The SMILES string of the molecule is Brc1ccccc1OCCNCCCOc1ccccc1. The Morgan fingerprint density at radius 3 is 2.38 bits per heavy atom. The second kappa shape index (κ2) is 9.42. The van der Waals surface area contributed by atoms with E-state index >= 15 is 0 Å². The Kier molecular flexibility index (Phi) is 7.12. The van der Waals surface area contributed by atoms with E-state index in [-0.39, 0.29) is 0 Å². The highest BCUT2D eigenvalue weighted by molar-refractivity contribution is 9.10. The van der Waals surface area contributed by atoms with Gasteiger partial charge in [0, 0.05) is 6.54 Å². The van der Waals surface area contributed by atoms with Gasteiger partial charge in [-0.1, -0.05) is 30.3 Å². The van der Waals surface area contributed by atoms with Crippen molar-refractivity contribution in [1.29, 1.82) is 0 Å². The first kappa shape index (κ1) is 15.9. The van der Waals surface area contributed by atoms with E-state index in [1.807, 2.05) is 54.6 Å². The van der Waals surface area contributed by atoms with Crippen LogP contribution in [0.25, 0.3) is 0 Å². The molecule has 0 aliphatic carbocycles. The fourth-order valence-corrected chi connectivity index (χ4v) is 2.22. The first-order chi connectivity index (χ1) is 10.4. The van der Waals surface area contributed by atoms with E-state index in [0.29, 0.717) is 6.61 Å². The highest BCUT2D eigenvalue weighted by Crippen LogP contribution is 2.23. The summed E-state index contributed by atoms with van der Waals surface area (Å²) in [5.41, 5.74) is 0. The molecule has 0 bridgehead atoms. The zero-order chi connectivity index (χ0) is 14.8. The van der Waals surface area contributed by atoms with Crippen molar-refractivity contribution in [1.82, 2.24) is 5.32 Å². The summed E-state index contributed by atoms with van der Waals surface area (Å²) in [6.07, 6.45) is 0.976. The van der Waals surface area contributed by atoms with Gasteiger partial charge < -0.3 is 14.8 Å². The molecule has 0 saturated carbocycles. The summed E-state index contributed by atoms with van der Waals surface area (Å²) in [4.78, 5) is 0. The van der Waals surface area contributed by atoms with Crippen molar-refractivity contribution in [2.24, 2.45) is 0 Å². The monoisotopic (exact) mass is 349 g/mol. The van der Waals surface area contributed by atoms with Crippen LogP contribution < -0.4 is 14.8 Å². The molecule has 0 spiro atoms. The Hall–Kier alpha value is -1.52. The van der Waals surface area contributed by atoms with Gasteiger partial charge in [-0.3, -0.25) is 0 Å².